The number of rotatable bonds is 4. The van der Waals surface area contributed by atoms with E-state index in [1.54, 1.807) is 7.11 Å². The van der Waals surface area contributed by atoms with Crippen LogP contribution in [0.5, 0.6) is 11.5 Å². The predicted octanol–water partition coefficient (Wildman–Crippen LogP) is 3.04. The van der Waals surface area contributed by atoms with Crippen molar-refractivity contribution in [2.75, 3.05) is 13.7 Å². The van der Waals surface area contributed by atoms with Gasteiger partial charge in [-0.1, -0.05) is 19.9 Å². The van der Waals surface area contributed by atoms with Gasteiger partial charge in [-0.05, 0) is 25.0 Å². The summed E-state index contributed by atoms with van der Waals surface area (Å²) in [7, 11) is 1.68. The molecule has 0 fully saturated rings. The summed E-state index contributed by atoms with van der Waals surface area (Å²) in [6, 6.07) is 5.86. The zero-order chi connectivity index (χ0) is 10.6. The third-order valence-corrected chi connectivity index (χ3v) is 2.03. The van der Waals surface area contributed by atoms with Crippen molar-refractivity contribution in [1.82, 2.24) is 0 Å². The first-order valence-corrected chi connectivity index (χ1v) is 4.91. The molecular weight excluding hydrogens is 176 g/mol. The third-order valence-electron chi connectivity index (χ3n) is 2.03. The molecule has 0 heterocycles. The molecule has 2 nitrogen and oxygen atoms in total. The molecule has 0 atom stereocenters. The number of methoxy groups -OCH3 is 1. The predicted molar refractivity (Wildman–Crippen MR) is 58.1 cm³/mol. The second kappa shape index (κ2) is 4.89. The normalized spacial score (nSPS) is 10.4. The van der Waals surface area contributed by atoms with Crippen LogP contribution in [0.3, 0.4) is 0 Å². The van der Waals surface area contributed by atoms with Crippen LogP contribution >= 0.6 is 0 Å². The Bertz CT molecular complexity index is 292. The molecule has 0 bridgehead atoms. The molecule has 0 saturated heterocycles. The fourth-order valence-corrected chi connectivity index (χ4v) is 1.23. The van der Waals surface area contributed by atoms with Crippen LogP contribution in [-0.2, 0) is 0 Å². The third kappa shape index (κ3) is 2.66. The van der Waals surface area contributed by atoms with E-state index in [4.69, 9.17) is 9.47 Å². The highest BCUT2D eigenvalue weighted by Crippen LogP contribution is 2.27. The van der Waals surface area contributed by atoms with Gasteiger partial charge < -0.3 is 9.47 Å². The smallest absolute Gasteiger partial charge is 0.125 e. The highest BCUT2D eigenvalue weighted by atomic mass is 16.5. The maximum absolute atomic E-state index is 5.66. The van der Waals surface area contributed by atoms with E-state index < -0.39 is 0 Å². The molecule has 14 heavy (non-hydrogen) atoms. The van der Waals surface area contributed by atoms with Crippen molar-refractivity contribution in [2.24, 2.45) is 5.92 Å². The van der Waals surface area contributed by atoms with Crippen LogP contribution < -0.4 is 9.47 Å². The highest BCUT2D eigenvalue weighted by Gasteiger charge is 2.05. The summed E-state index contributed by atoms with van der Waals surface area (Å²) in [5.74, 6) is 2.34. The number of benzene rings is 1. The lowest BCUT2D eigenvalue weighted by atomic mass is 10.2. The molecule has 0 unspecified atom stereocenters. The van der Waals surface area contributed by atoms with Crippen LogP contribution in [0.25, 0.3) is 0 Å². The lowest BCUT2D eigenvalue weighted by Crippen LogP contribution is -2.05. The fraction of sp³-hybridized carbons (Fsp3) is 0.500. The van der Waals surface area contributed by atoms with Gasteiger partial charge in [0.05, 0.1) is 13.7 Å². The van der Waals surface area contributed by atoms with Crippen molar-refractivity contribution in [1.29, 1.82) is 0 Å². The molecule has 0 amide bonds. The highest BCUT2D eigenvalue weighted by molar-refractivity contribution is 5.43. The average Bonchev–Trinajstić information content (AvgIpc) is 2.16. The van der Waals surface area contributed by atoms with E-state index in [1.807, 2.05) is 25.1 Å². The Morgan fingerprint density at radius 2 is 1.86 bits per heavy atom. The average molecular weight is 194 g/mol. The molecule has 2 heteroatoms. The first-order chi connectivity index (χ1) is 6.65. The molecule has 0 radical (unpaired) electrons. The minimum absolute atomic E-state index is 0.542. The van der Waals surface area contributed by atoms with Gasteiger partial charge in [-0.2, -0.15) is 0 Å². The van der Waals surface area contributed by atoms with Crippen molar-refractivity contribution >= 4 is 0 Å². The summed E-state index contributed by atoms with van der Waals surface area (Å²) < 4.78 is 10.9. The second-order valence-electron chi connectivity index (χ2n) is 3.79. The quantitative estimate of drug-likeness (QED) is 0.733. The summed E-state index contributed by atoms with van der Waals surface area (Å²) in [5, 5.41) is 0. The molecule has 0 aromatic heterocycles. The zero-order valence-corrected chi connectivity index (χ0v) is 9.33. The summed E-state index contributed by atoms with van der Waals surface area (Å²) >= 11 is 0. The maximum Gasteiger partial charge on any atom is 0.125 e. The van der Waals surface area contributed by atoms with Crippen LogP contribution in [-0.4, -0.2) is 13.7 Å². The standard InChI is InChI=1S/C12H18O2/c1-9(2)8-14-12-7-5-6-11(13-4)10(12)3/h5-7,9H,8H2,1-4H3. The summed E-state index contributed by atoms with van der Waals surface area (Å²) in [6.07, 6.45) is 0. The van der Waals surface area contributed by atoms with E-state index in [-0.39, 0.29) is 0 Å². The Labute approximate surface area is 85.8 Å². The van der Waals surface area contributed by atoms with Crippen molar-refractivity contribution < 1.29 is 9.47 Å². The molecule has 1 aromatic carbocycles. The topological polar surface area (TPSA) is 18.5 Å². The second-order valence-corrected chi connectivity index (χ2v) is 3.79. The first kappa shape index (κ1) is 10.9. The Morgan fingerprint density at radius 1 is 1.21 bits per heavy atom. The van der Waals surface area contributed by atoms with Crippen LogP contribution in [0.1, 0.15) is 19.4 Å². The number of ether oxygens (including phenoxy) is 2. The first-order valence-electron chi connectivity index (χ1n) is 4.91. The summed E-state index contributed by atoms with van der Waals surface area (Å²) in [4.78, 5) is 0. The molecule has 0 aliphatic rings. The fourth-order valence-electron chi connectivity index (χ4n) is 1.23. The van der Waals surface area contributed by atoms with Gasteiger partial charge in [0.2, 0.25) is 0 Å². The van der Waals surface area contributed by atoms with Gasteiger partial charge >= 0.3 is 0 Å². The van der Waals surface area contributed by atoms with E-state index in [2.05, 4.69) is 13.8 Å². The van der Waals surface area contributed by atoms with Gasteiger partial charge in [0, 0.05) is 5.56 Å². The van der Waals surface area contributed by atoms with Crippen molar-refractivity contribution in [3.05, 3.63) is 23.8 Å². The Hall–Kier alpha value is -1.18. The Morgan fingerprint density at radius 3 is 2.43 bits per heavy atom. The molecule has 0 spiro atoms. The van der Waals surface area contributed by atoms with E-state index in [9.17, 15) is 0 Å². The minimum Gasteiger partial charge on any atom is -0.496 e. The monoisotopic (exact) mass is 194 g/mol. The lowest BCUT2D eigenvalue weighted by molar-refractivity contribution is 0.267. The van der Waals surface area contributed by atoms with Crippen LogP contribution in [0.2, 0.25) is 0 Å². The van der Waals surface area contributed by atoms with Crippen molar-refractivity contribution in [2.45, 2.75) is 20.8 Å². The van der Waals surface area contributed by atoms with Gasteiger partial charge in [-0.25, -0.2) is 0 Å². The molecule has 0 N–H and O–H groups in total. The van der Waals surface area contributed by atoms with Crippen molar-refractivity contribution in [3.8, 4) is 11.5 Å². The van der Waals surface area contributed by atoms with E-state index in [0.29, 0.717) is 5.92 Å². The molecule has 0 aliphatic heterocycles. The lowest BCUT2D eigenvalue weighted by Gasteiger charge is -2.13. The molecule has 78 valence electrons. The number of hydrogen-bond acceptors (Lipinski definition) is 2. The van der Waals surface area contributed by atoms with Gasteiger partial charge in [0.1, 0.15) is 11.5 Å². The molecule has 1 rings (SSSR count). The van der Waals surface area contributed by atoms with Crippen LogP contribution in [0, 0.1) is 12.8 Å². The SMILES string of the molecule is COc1cccc(OCC(C)C)c1C. The Kier molecular flexibility index (Phi) is 3.81. The molecule has 1 aromatic rings. The van der Waals surface area contributed by atoms with Crippen LogP contribution in [0.4, 0.5) is 0 Å². The number of hydrogen-bond donors (Lipinski definition) is 0. The minimum atomic E-state index is 0.542. The van der Waals surface area contributed by atoms with E-state index >= 15 is 0 Å². The maximum atomic E-state index is 5.66. The zero-order valence-electron chi connectivity index (χ0n) is 9.33. The Balaban J connectivity index is 2.76. The molecular formula is C12H18O2. The van der Waals surface area contributed by atoms with E-state index in [1.165, 1.54) is 0 Å². The van der Waals surface area contributed by atoms with Gasteiger partial charge in [-0.15, -0.1) is 0 Å². The molecule has 0 saturated carbocycles. The summed E-state index contributed by atoms with van der Waals surface area (Å²) in [6.45, 7) is 7.02. The van der Waals surface area contributed by atoms with E-state index in [0.717, 1.165) is 23.7 Å². The summed E-state index contributed by atoms with van der Waals surface area (Å²) in [5.41, 5.74) is 1.07. The van der Waals surface area contributed by atoms with Gasteiger partial charge in [0.25, 0.3) is 0 Å². The van der Waals surface area contributed by atoms with Gasteiger partial charge in [0.15, 0.2) is 0 Å². The van der Waals surface area contributed by atoms with Crippen LogP contribution in [0.15, 0.2) is 18.2 Å². The largest absolute Gasteiger partial charge is 0.496 e. The molecule has 0 aliphatic carbocycles. The van der Waals surface area contributed by atoms with Gasteiger partial charge in [-0.3, -0.25) is 0 Å². The van der Waals surface area contributed by atoms with Crippen molar-refractivity contribution in [3.63, 3.8) is 0 Å².